The van der Waals surface area contributed by atoms with Crippen molar-refractivity contribution in [2.24, 2.45) is 0 Å². The van der Waals surface area contributed by atoms with Gasteiger partial charge in [0.2, 0.25) is 0 Å². The maximum atomic E-state index is 12.0. The number of nitrogens with zero attached hydrogens (tertiary/aromatic N) is 1. The minimum absolute atomic E-state index is 0.0370. The summed E-state index contributed by atoms with van der Waals surface area (Å²) in [6.07, 6.45) is 0.860. The van der Waals surface area contributed by atoms with Crippen LogP contribution in [0.4, 0.5) is 11.4 Å². The number of nitrogens with two attached hydrogens (primary N) is 1. The van der Waals surface area contributed by atoms with E-state index < -0.39 is 17.5 Å². The van der Waals surface area contributed by atoms with Crippen LogP contribution in [0.1, 0.15) is 33.2 Å². The second-order valence-corrected chi connectivity index (χ2v) is 5.08. The van der Waals surface area contributed by atoms with Crippen LogP contribution >= 0.6 is 0 Å². The standard InChI is InChI=1S/C17H16N2O5/c1-2-11-3-5-12(6-4-11)16(20)10-24-17(21)13-7-8-14(18)15(9-13)19(22)23/h3-9H,2,10,18H2,1H3. The number of aryl methyl sites for hydroxylation is 1. The Kier molecular flexibility index (Phi) is 5.26. The number of benzene rings is 2. The van der Waals surface area contributed by atoms with E-state index in [9.17, 15) is 19.7 Å². The summed E-state index contributed by atoms with van der Waals surface area (Å²) in [6, 6.07) is 10.6. The van der Waals surface area contributed by atoms with Crippen LogP contribution in [0.3, 0.4) is 0 Å². The Morgan fingerprint density at radius 3 is 2.33 bits per heavy atom. The van der Waals surface area contributed by atoms with E-state index in [1.807, 2.05) is 19.1 Å². The second-order valence-electron chi connectivity index (χ2n) is 5.08. The number of ketones is 1. The van der Waals surface area contributed by atoms with E-state index in [1.54, 1.807) is 12.1 Å². The SMILES string of the molecule is CCc1ccc(C(=O)COC(=O)c2ccc(N)c([N+](=O)[O-])c2)cc1. The van der Waals surface area contributed by atoms with E-state index in [1.165, 1.54) is 12.1 Å². The quantitative estimate of drug-likeness (QED) is 0.287. The molecular weight excluding hydrogens is 312 g/mol. The molecule has 0 bridgehead atoms. The Labute approximate surface area is 138 Å². The molecule has 0 amide bonds. The maximum Gasteiger partial charge on any atom is 0.338 e. The Morgan fingerprint density at radius 1 is 1.12 bits per heavy atom. The smallest absolute Gasteiger partial charge is 0.338 e. The molecule has 7 heteroatoms. The van der Waals surface area contributed by atoms with Gasteiger partial charge in [0.15, 0.2) is 12.4 Å². The van der Waals surface area contributed by atoms with Crippen LogP contribution in [0.5, 0.6) is 0 Å². The van der Waals surface area contributed by atoms with Crippen molar-refractivity contribution in [1.82, 2.24) is 0 Å². The van der Waals surface area contributed by atoms with Crippen molar-refractivity contribution in [3.8, 4) is 0 Å². The minimum atomic E-state index is -0.823. The molecule has 0 aliphatic rings. The molecule has 0 radical (unpaired) electrons. The summed E-state index contributed by atoms with van der Waals surface area (Å²) in [4.78, 5) is 34.1. The molecule has 7 nitrogen and oxygen atoms in total. The molecule has 0 spiro atoms. The van der Waals surface area contributed by atoms with Gasteiger partial charge in [-0.1, -0.05) is 31.2 Å². The topological polar surface area (TPSA) is 113 Å². The average molecular weight is 328 g/mol. The number of anilines is 1. The highest BCUT2D eigenvalue weighted by Crippen LogP contribution is 2.22. The monoisotopic (exact) mass is 328 g/mol. The lowest BCUT2D eigenvalue weighted by molar-refractivity contribution is -0.383. The predicted molar refractivity (Wildman–Crippen MR) is 87.9 cm³/mol. The normalized spacial score (nSPS) is 10.2. The highest BCUT2D eigenvalue weighted by atomic mass is 16.6. The first-order valence-electron chi connectivity index (χ1n) is 7.25. The van der Waals surface area contributed by atoms with E-state index in [0.717, 1.165) is 18.1 Å². The van der Waals surface area contributed by atoms with Crippen LogP contribution in [0, 0.1) is 10.1 Å². The second kappa shape index (κ2) is 7.36. The van der Waals surface area contributed by atoms with Gasteiger partial charge in [-0.05, 0) is 24.1 Å². The molecule has 24 heavy (non-hydrogen) atoms. The number of carbonyl (C=O) groups excluding carboxylic acids is 2. The maximum absolute atomic E-state index is 12.0. The summed E-state index contributed by atoms with van der Waals surface area (Å²) in [6.45, 7) is 1.56. The number of ether oxygens (including phenoxy) is 1. The Bertz CT molecular complexity index is 784. The van der Waals surface area contributed by atoms with Gasteiger partial charge in [0, 0.05) is 11.6 Å². The molecule has 2 N–H and O–H groups in total. The van der Waals surface area contributed by atoms with Crippen LogP contribution in [0.15, 0.2) is 42.5 Å². The molecule has 0 aliphatic heterocycles. The number of rotatable bonds is 6. The first kappa shape index (κ1) is 17.1. The van der Waals surface area contributed by atoms with Crippen molar-refractivity contribution in [3.63, 3.8) is 0 Å². The van der Waals surface area contributed by atoms with Crippen LogP contribution in [-0.2, 0) is 11.2 Å². The molecule has 124 valence electrons. The molecule has 0 aliphatic carbocycles. The van der Waals surface area contributed by atoms with Gasteiger partial charge in [0.05, 0.1) is 10.5 Å². The number of nitrogen functional groups attached to an aromatic ring is 1. The zero-order chi connectivity index (χ0) is 17.7. The summed E-state index contributed by atoms with van der Waals surface area (Å²) < 4.78 is 4.92. The number of carbonyl (C=O) groups is 2. The molecule has 0 heterocycles. The molecule has 0 unspecified atom stereocenters. The van der Waals surface area contributed by atoms with Crippen molar-refractivity contribution < 1.29 is 19.2 Å². The number of hydrogen-bond donors (Lipinski definition) is 1. The number of nitro benzene ring substituents is 1. The summed E-state index contributed by atoms with van der Waals surface area (Å²) in [7, 11) is 0. The molecule has 2 aromatic rings. The van der Waals surface area contributed by atoms with E-state index in [-0.39, 0.29) is 22.7 Å². The Balaban J connectivity index is 2.03. The van der Waals surface area contributed by atoms with Gasteiger partial charge < -0.3 is 10.5 Å². The zero-order valence-electron chi connectivity index (χ0n) is 13.0. The fourth-order valence-corrected chi connectivity index (χ4v) is 2.05. The third-order valence-electron chi connectivity index (χ3n) is 3.48. The highest BCUT2D eigenvalue weighted by Gasteiger charge is 2.17. The fraction of sp³-hybridized carbons (Fsp3) is 0.176. The number of esters is 1. The molecule has 2 aromatic carbocycles. The predicted octanol–water partition coefficient (Wildman–Crippen LogP) is 2.78. The van der Waals surface area contributed by atoms with Crippen molar-refractivity contribution in [2.45, 2.75) is 13.3 Å². The Morgan fingerprint density at radius 2 is 1.75 bits per heavy atom. The summed E-state index contributed by atoms with van der Waals surface area (Å²) in [5, 5.41) is 10.8. The van der Waals surface area contributed by atoms with Crippen LogP contribution < -0.4 is 5.73 Å². The lowest BCUT2D eigenvalue weighted by atomic mass is 10.1. The summed E-state index contributed by atoms with van der Waals surface area (Å²) >= 11 is 0. The van der Waals surface area contributed by atoms with Gasteiger partial charge in [-0.25, -0.2) is 4.79 Å². The van der Waals surface area contributed by atoms with Gasteiger partial charge in [-0.3, -0.25) is 14.9 Å². The lowest BCUT2D eigenvalue weighted by Crippen LogP contribution is -2.14. The van der Waals surface area contributed by atoms with Gasteiger partial charge in [-0.15, -0.1) is 0 Å². The van der Waals surface area contributed by atoms with Crippen LogP contribution in [0.2, 0.25) is 0 Å². The lowest BCUT2D eigenvalue weighted by Gasteiger charge is -2.06. The third kappa shape index (κ3) is 3.95. The van der Waals surface area contributed by atoms with Crippen molar-refractivity contribution in [3.05, 3.63) is 69.3 Å². The van der Waals surface area contributed by atoms with Crippen molar-refractivity contribution in [1.29, 1.82) is 0 Å². The highest BCUT2D eigenvalue weighted by molar-refractivity contribution is 5.99. The first-order chi connectivity index (χ1) is 11.4. The van der Waals surface area contributed by atoms with Crippen molar-refractivity contribution >= 4 is 23.1 Å². The zero-order valence-corrected chi connectivity index (χ0v) is 13.0. The van der Waals surface area contributed by atoms with E-state index in [4.69, 9.17) is 10.5 Å². The van der Waals surface area contributed by atoms with Gasteiger partial charge in [0.25, 0.3) is 5.69 Å². The van der Waals surface area contributed by atoms with E-state index in [2.05, 4.69) is 0 Å². The minimum Gasteiger partial charge on any atom is -0.454 e. The number of hydrogen-bond acceptors (Lipinski definition) is 6. The van der Waals surface area contributed by atoms with Gasteiger partial charge >= 0.3 is 5.97 Å². The van der Waals surface area contributed by atoms with E-state index >= 15 is 0 Å². The molecule has 2 rings (SSSR count). The first-order valence-corrected chi connectivity index (χ1v) is 7.25. The largest absolute Gasteiger partial charge is 0.454 e. The molecule has 0 fully saturated rings. The molecule has 0 atom stereocenters. The molecular formula is C17H16N2O5. The Hall–Kier alpha value is -3.22. The molecule has 0 saturated carbocycles. The average Bonchev–Trinajstić information content (AvgIpc) is 2.59. The number of nitro groups is 1. The van der Waals surface area contributed by atoms with Crippen molar-refractivity contribution in [2.75, 3.05) is 12.3 Å². The summed E-state index contributed by atoms with van der Waals surface area (Å²) in [5.41, 5.74) is 6.52. The summed E-state index contributed by atoms with van der Waals surface area (Å²) in [5.74, 6) is -1.17. The fourth-order valence-electron chi connectivity index (χ4n) is 2.05. The molecule has 0 saturated heterocycles. The third-order valence-corrected chi connectivity index (χ3v) is 3.48. The van der Waals surface area contributed by atoms with Crippen LogP contribution in [0.25, 0.3) is 0 Å². The van der Waals surface area contributed by atoms with E-state index in [0.29, 0.717) is 5.56 Å². The number of Topliss-reactive ketones (excluding diaryl/α,β-unsaturated/α-hetero) is 1. The van der Waals surface area contributed by atoms with Gasteiger partial charge in [-0.2, -0.15) is 0 Å². The van der Waals surface area contributed by atoms with Crippen LogP contribution in [-0.4, -0.2) is 23.3 Å². The molecule has 0 aromatic heterocycles. The van der Waals surface area contributed by atoms with Gasteiger partial charge in [0.1, 0.15) is 5.69 Å².